The largest absolute Gasteiger partial charge is 0.330 e. The number of pyridine rings is 1. The molecule has 0 fully saturated rings. The number of nitrogens with zero attached hydrogens (tertiary/aromatic N) is 3. The van der Waals surface area contributed by atoms with E-state index in [1.165, 1.54) is 18.2 Å². The monoisotopic (exact) mass is 528 g/mol. The molecule has 192 valence electrons. The van der Waals surface area contributed by atoms with Crippen LogP contribution in [0.25, 0.3) is 16.7 Å². The van der Waals surface area contributed by atoms with E-state index < -0.39 is 5.82 Å². The van der Waals surface area contributed by atoms with Crippen LogP contribution in [0.15, 0.2) is 60.8 Å². The molecule has 1 N–H and O–H groups in total. The summed E-state index contributed by atoms with van der Waals surface area (Å²) in [6.45, 7) is 2.24. The van der Waals surface area contributed by atoms with Gasteiger partial charge in [-0.05, 0) is 60.7 Å². The molecule has 0 spiro atoms. The third-order valence-corrected chi connectivity index (χ3v) is 7.59. The molecular formula is C30H26ClFN4O2. The van der Waals surface area contributed by atoms with Gasteiger partial charge >= 0.3 is 0 Å². The fourth-order valence-corrected chi connectivity index (χ4v) is 5.39. The van der Waals surface area contributed by atoms with Gasteiger partial charge < -0.3 is 10.2 Å². The molecule has 6 nitrogen and oxygen atoms in total. The molecule has 5 rings (SSSR count). The van der Waals surface area contributed by atoms with Gasteiger partial charge in [0, 0.05) is 41.5 Å². The number of fused-ring (bicyclic) bond motifs is 4. The molecule has 2 bridgehead atoms. The van der Waals surface area contributed by atoms with Crippen molar-refractivity contribution in [2.45, 2.75) is 38.6 Å². The Morgan fingerprint density at radius 1 is 1.16 bits per heavy atom. The van der Waals surface area contributed by atoms with Gasteiger partial charge in [0.05, 0.1) is 28.4 Å². The highest BCUT2D eigenvalue weighted by atomic mass is 35.5. The first-order chi connectivity index (χ1) is 18.4. The first-order valence-electron chi connectivity index (χ1n) is 12.6. The quantitative estimate of drug-likeness (QED) is 0.410. The number of nitrogens with one attached hydrogen (secondary N) is 1. The molecule has 2 aliphatic heterocycles. The Labute approximate surface area is 225 Å². The number of carbonyl (C=O) groups is 2. The van der Waals surface area contributed by atoms with Gasteiger partial charge in [0.25, 0.3) is 0 Å². The average molecular weight is 529 g/mol. The van der Waals surface area contributed by atoms with E-state index in [1.807, 2.05) is 49.4 Å². The molecule has 0 saturated carbocycles. The lowest BCUT2D eigenvalue weighted by molar-refractivity contribution is -0.129. The van der Waals surface area contributed by atoms with Crippen LogP contribution < -0.4 is 5.32 Å². The van der Waals surface area contributed by atoms with Crippen LogP contribution in [0.2, 0.25) is 5.02 Å². The summed E-state index contributed by atoms with van der Waals surface area (Å²) in [4.78, 5) is 32.7. The highest BCUT2D eigenvalue weighted by Crippen LogP contribution is 2.37. The normalized spacial score (nSPS) is 19.8. The van der Waals surface area contributed by atoms with Gasteiger partial charge in [-0.1, -0.05) is 43.1 Å². The molecule has 0 saturated heterocycles. The molecule has 2 unspecified atom stereocenters. The van der Waals surface area contributed by atoms with Crippen molar-refractivity contribution in [3.05, 3.63) is 88.5 Å². The molecule has 0 aliphatic carbocycles. The van der Waals surface area contributed by atoms with Gasteiger partial charge in [-0.15, -0.1) is 0 Å². The second-order valence-electron chi connectivity index (χ2n) is 9.70. The number of halogens is 2. The molecule has 0 radical (unpaired) electrons. The van der Waals surface area contributed by atoms with E-state index in [-0.39, 0.29) is 39.9 Å². The molecule has 8 heteroatoms. The summed E-state index contributed by atoms with van der Waals surface area (Å²) in [7, 11) is 0. The number of anilines is 1. The summed E-state index contributed by atoms with van der Waals surface area (Å²) >= 11 is 5.99. The minimum absolute atomic E-state index is 0.0395. The number of benzene rings is 2. The summed E-state index contributed by atoms with van der Waals surface area (Å²) < 4.78 is 14.9. The number of nitriles is 1. The number of hydrogen-bond donors (Lipinski definition) is 1. The predicted molar refractivity (Wildman–Crippen MR) is 144 cm³/mol. The van der Waals surface area contributed by atoms with Crippen molar-refractivity contribution in [3.8, 4) is 17.2 Å². The van der Waals surface area contributed by atoms with Crippen molar-refractivity contribution in [1.82, 2.24) is 9.88 Å². The van der Waals surface area contributed by atoms with Crippen LogP contribution in [0.4, 0.5) is 10.1 Å². The fraction of sp³-hybridized carbons (Fsp3) is 0.267. The molecule has 2 aliphatic rings. The highest BCUT2D eigenvalue weighted by Gasteiger charge is 2.31. The van der Waals surface area contributed by atoms with E-state index in [0.29, 0.717) is 37.8 Å². The van der Waals surface area contributed by atoms with E-state index in [4.69, 9.17) is 11.6 Å². The number of carbonyl (C=O) groups excluding carboxylic acids is 2. The zero-order valence-corrected chi connectivity index (χ0v) is 21.6. The Morgan fingerprint density at radius 3 is 2.76 bits per heavy atom. The lowest BCUT2D eigenvalue weighted by atomic mass is 9.91. The highest BCUT2D eigenvalue weighted by molar-refractivity contribution is 6.31. The van der Waals surface area contributed by atoms with Gasteiger partial charge in [-0.25, -0.2) is 4.39 Å². The molecule has 3 heterocycles. The van der Waals surface area contributed by atoms with Crippen LogP contribution in [0, 0.1) is 23.1 Å². The van der Waals surface area contributed by atoms with Gasteiger partial charge in [0.1, 0.15) is 0 Å². The van der Waals surface area contributed by atoms with E-state index in [9.17, 15) is 19.2 Å². The molecule has 1 aromatic heterocycles. The first kappa shape index (κ1) is 25.6. The van der Waals surface area contributed by atoms with Crippen LogP contribution in [0.1, 0.15) is 55.5 Å². The van der Waals surface area contributed by atoms with Crippen LogP contribution in [0.5, 0.6) is 0 Å². The smallest absolute Gasteiger partial charge is 0.247 e. The van der Waals surface area contributed by atoms with Crippen molar-refractivity contribution in [2.75, 3.05) is 11.9 Å². The SMILES string of the molecule is CC1CCCC(N2CCC(c3c(C#N)ccc(Cl)c3F)=CC2=O)c2cc(ccn2)-c2ccccc2NC1=O. The Balaban J connectivity index is 1.53. The maximum atomic E-state index is 14.9. The Hall–Kier alpha value is -4.02. The van der Waals surface area contributed by atoms with Crippen molar-refractivity contribution < 1.29 is 14.0 Å². The molecule has 2 atom stereocenters. The predicted octanol–water partition coefficient (Wildman–Crippen LogP) is 6.53. The second kappa shape index (κ2) is 10.8. The van der Waals surface area contributed by atoms with Crippen LogP contribution in [-0.2, 0) is 9.59 Å². The minimum atomic E-state index is -0.690. The lowest BCUT2D eigenvalue weighted by Gasteiger charge is -2.34. The number of para-hydroxylation sites is 1. The van der Waals surface area contributed by atoms with Gasteiger partial charge in [0.2, 0.25) is 11.8 Å². The Kier molecular flexibility index (Phi) is 7.26. The number of aromatic nitrogens is 1. The van der Waals surface area contributed by atoms with Crippen molar-refractivity contribution >= 4 is 34.7 Å². The summed E-state index contributed by atoms with van der Waals surface area (Å²) in [5, 5.41) is 12.5. The standard InChI is InChI=1S/C30H26ClFN4O2/c1-18-5-4-8-26(25-15-19(11-13-34-25)22-6-2-3-7-24(22)35-30(18)38)36-14-12-20(16-27(36)37)28-21(17-33)9-10-23(31)29(28)32/h2-3,6-7,9-11,13,15-16,18,26H,4-5,8,12,14H2,1H3,(H,35,38). The maximum absolute atomic E-state index is 14.9. The second-order valence-corrected chi connectivity index (χ2v) is 10.1. The Morgan fingerprint density at radius 2 is 1.97 bits per heavy atom. The average Bonchev–Trinajstić information content (AvgIpc) is 2.92. The zero-order valence-electron chi connectivity index (χ0n) is 20.9. The molecule has 2 amide bonds. The van der Waals surface area contributed by atoms with E-state index in [1.54, 1.807) is 11.1 Å². The number of amides is 2. The first-order valence-corrected chi connectivity index (χ1v) is 13.0. The van der Waals surface area contributed by atoms with E-state index in [0.717, 1.165) is 22.5 Å². The van der Waals surface area contributed by atoms with Crippen molar-refractivity contribution in [3.63, 3.8) is 0 Å². The van der Waals surface area contributed by atoms with Gasteiger partial charge in [0.15, 0.2) is 5.82 Å². The van der Waals surface area contributed by atoms with Gasteiger partial charge in [-0.3, -0.25) is 14.6 Å². The lowest BCUT2D eigenvalue weighted by Crippen LogP contribution is -2.38. The maximum Gasteiger partial charge on any atom is 0.247 e. The third-order valence-electron chi connectivity index (χ3n) is 7.30. The zero-order chi connectivity index (χ0) is 26.8. The molecule has 3 aromatic rings. The molecule has 38 heavy (non-hydrogen) atoms. The number of rotatable bonds is 2. The Bertz CT molecular complexity index is 1500. The van der Waals surface area contributed by atoms with E-state index in [2.05, 4.69) is 10.3 Å². The third kappa shape index (κ3) is 4.92. The van der Waals surface area contributed by atoms with Crippen LogP contribution in [-0.4, -0.2) is 28.2 Å². The summed E-state index contributed by atoms with van der Waals surface area (Å²) in [5.74, 6) is -1.20. The van der Waals surface area contributed by atoms with Crippen LogP contribution in [0.3, 0.4) is 0 Å². The summed E-state index contributed by atoms with van der Waals surface area (Å²) in [5.41, 5.74) is 3.95. The topological polar surface area (TPSA) is 86.1 Å². The molecule has 2 aromatic carbocycles. The van der Waals surface area contributed by atoms with Gasteiger partial charge in [-0.2, -0.15) is 5.26 Å². The van der Waals surface area contributed by atoms with E-state index >= 15 is 0 Å². The molecular weight excluding hydrogens is 503 g/mol. The summed E-state index contributed by atoms with van der Waals surface area (Å²) in [6.07, 6.45) is 5.50. The van der Waals surface area contributed by atoms with Crippen molar-refractivity contribution in [1.29, 1.82) is 5.26 Å². The number of hydrogen-bond acceptors (Lipinski definition) is 4. The summed E-state index contributed by atoms with van der Waals surface area (Å²) in [6, 6.07) is 16.0. The minimum Gasteiger partial charge on any atom is -0.330 e. The fourth-order valence-electron chi connectivity index (χ4n) is 5.23. The van der Waals surface area contributed by atoms with Crippen LogP contribution >= 0.6 is 11.6 Å². The van der Waals surface area contributed by atoms with Crippen molar-refractivity contribution in [2.24, 2.45) is 5.92 Å².